The number of halogens is 3. The Morgan fingerprint density at radius 2 is 1.82 bits per heavy atom. The maximum Gasteiger partial charge on any atom is 0.393 e. The highest BCUT2D eigenvalue weighted by Crippen LogP contribution is 2.32. The molecule has 6 heteroatoms. The van der Waals surface area contributed by atoms with Crippen molar-refractivity contribution in [1.82, 2.24) is 5.32 Å². The fraction of sp³-hybridized carbons (Fsp3) is 0.909. The second-order valence-corrected chi connectivity index (χ2v) is 5.31. The molecule has 3 nitrogen and oxygen atoms in total. The second-order valence-electron chi connectivity index (χ2n) is 5.31. The minimum absolute atomic E-state index is 0.0274. The molecular formula is C11H18F3NO2. The topological polar surface area (TPSA) is 38.3 Å². The van der Waals surface area contributed by atoms with E-state index in [1.165, 1.54) is 0 Å². The van der Waals surface area contributed by atoms with Crippen LogP contribution in [0.1, 0.15) is 33.6 Å². The van der Waals surface area contributed by atoms with Crippen LogP contribution in [0.25, 0.3) is 0 Å². The SMILES string of the molecule is CC(C)(C)OC(=O)[C@@H]1CC[C@H](C(F)(F)F)CN1. The molecule has 0 unspecified atom stereocenters. The lowest BCUT2D eigenvalue weighted by molar-refractivity contribution is -0.183. The van der Waals surface area contributed by atoms with Gasteiger partial charge in [0.05, 0.1) is 5.92 Å². The maximum atomic E-state index is 12.4. The quantitative estimate of drug-likeness (QED) is 0.728. The number of piperidine rings is 1. The number of carbonyl (C=O) groups excluding carboxylic acids is 1. The van der Waals surface area contributed by atoms with E-state index in [0.29, 0.717) is 0 Å². The molecule has 1 rings (SSSR count). The Morgan fingerprint density at radius 1 is 1.24 bits per heavy atom. The van der Waals surface area contributed by atoms with Gasteiger partial charge in [-0.15, -0.1) is 0 Å². The van der Waals surface area contributed by atoms with Crippen molar-refractivity contribution < 1.29 is 22.7 Å². The van der Waals surface area contributed by atoms with Gasteiger partial charge in [0.2, 0.25) is 0 Å². The largest absolute Gasteiger partial charge is 0.459 e. The minimum Gasteiger partial charge on any atom is -0.459 e. The summed E-state index contributed by atoms with van der Waals surface area (Å²) in [6, 6.07) is -0.618. The van der Waals surface area contributed by atoms with Crippen LogP contribution in [0, 0.1) is 5.92 Å². The summed E-state index contributed by atoms with van der Waals surface area (Å²) in [5.41, 5.74) is -0.611. The van der Waals surface area contributed by atoms with Gasteiger partial charge in [-0.05, 0) is 33.6 Å². The summed E-state index contributed by atoms with van der Waals surface area (Å²) in [5, 5.41) is 2.60. The summed E-state index contributed by atoms with van der Waals surface area (Å²) in [7, 11) is 0. The molecule has 1 N–H and O–H groups in total. The van der Waals surface area contributed by atoms with Gasteiger partial charge in [0.15, 0.2) is 0 Å². The third-order valence-electron chi connectivity index (χ3n) is 2.57. The van der Waals surface area contributed by atoms with Crippen molar-refractivity contribution in [2.24, 2.45) is 5.92 Å². The smallest absolute Gasteiger partial charge is 0.393 e. The first-order valence-electron chi connectivity index (χ1n) is 5.62. The van der Waals surface area contributed by atoms with Crippen LogP contribution < -0.4 is 5.32 Å². The molecule has 0 aromatic rings. The summed E-state index contributed by atoms with van der Waals surface area (Å²) in [4.78, 5) is 11.6. The zero-order valence-corrected chi connectivity index (χ0v) is 10.2. The molecule has 0 saturated carbocycles. The van der Waals surface area contributed by atoms with Crippen molar-refractivity contribution in [1.29, 1.82) is 0 Å². The van der Waals surface area contributed by atoms with Crippen molar-refractivity contribution in [3.05, 3.63) is 0 Å². The van der Waals surface area contributed by atoms with E-state index < -0.39 is 29.7 Å². The molecule has 1 heterocycles. The summed E-state index contributed by atoms with van der Waals surface area (Å²) in [5.74, 6) is -1.83. The van der Waals surface area contributed by atoms with Crippen LogP contribution in [-0.4, -0.2) is 30.3 Å². The lowest BCUT2D eigenvalue weighted by Crippen LogP contribution is -2.49. The third kappa shape index (κ3) is 4.53. The fourth-order valence-corrected chi connectivity index (χ4v) is 1.71. The number of hydrogen-bond acceptors (Lipinski definition) is 3. The standard InChI is InChI=1S/C11H18F3NO2/c1-10(2,3)17-9(16)8-5-4-7(6-15-8)11(12,13)14/h7-8,15H,4-6H2,1-3H3/t7-,8-/m0/s1. The number of ether oxygens (including phenoxy) is 1. The number of carbonyl (C=O) groups is 1. The zero-order chi connectivity index (χ0) is 13.3. The number of alkyl halides is 3. The molecule has 0 aliphatic carbocycles. The van der Waals surface area contributed by atoms with Crippen LogP contribution in [0.15, 0.2) is 0 Å². The molecule has 17 heavy (non-hydrogen) atoms. The molecule has 1 aliphatic rings. The van der Waals surface area contributed by atoms with Gasteiger partial charge in [-0.1, -0.05) is 0 Å². The minimum atomic E-state index is -4.19. The summed E-state index contributed by atoms with van der Waals surface area (Å²) in [6.07, 6.45) is -4.05. The van der Waals surface area contributed by atoms with E-state index in [-0.39, 0.29) is 19.4 Å². The lowest BCUT2D eigenvalue weighted by atomic mass is 9.94. The Morgan fingerprint density at radius 3 is 2.18 bits per heavy atom. The number of esters is 1. The van der Waals surface area contributed by atoms with E-state index in [2.05, 4.69) is 5.32 Å². The van der Waals surface area contributed by atoms with Gasteiger partial charge in [0.1, 0.15) is 11.6 Å². The Kier molecular flexibility index (Phi) is 4.06. The second kappa shape index (κ2) is 4.84. The van der Waals surface area contributed by atoms with E-state index in [1.54, 1.807) is 20.8 Å². The average molecular weight is 253 g/mol. The van der Waals surface area contributed by atoms with Gasteiger partial charge in [-0.25, -0.2) is 0 Å². The molecule has 0 aromatic heterocycles. The van der Waals surface area contributed by atoms with Gasteiger partial charge in [0.25, 0.3) is 0 Å². The fourth-order valence-electron chi connectivity index (χ4n) is 1.71. The van der Waals surface area contributed by atoms with Crippen LogP contribution in [0.5, 0.6) is 0 Å². The number of rotatable bonds is 1. The highest BCUT2D eigenvalue weighted by atomic mass is 19.4. The molecule has 0 amide bonds. The van der Waals surface area contributed by atoms with E-state index in [9.17, 15) is 18.0 Å². The van der Waals surface area contributed by atoms with Crippen molar-refractivity contribution in [3.8, 4) is 0 Å². The average Bonchev–Trinajstić information content (AvgIpc) is 2.14. The van der Waals surface area contributed by atoms with Crippen molar-refractivity contribution in [2.45, 2.75) is 51.4 Å². The Balaban J connectivity index is 2.45. The molecule has 2 atom stereocenters. The lowest BCUT2D eigenvalue weighted by Gasteiger charge is -2.31. The Bertz CT molecular complexity index is 275. The predicted octanol–water partition coefficient (Wildman–Crippen LogP) is 2.26. The normalized spacial score (nSPS) is 26.7. The van der Waals surface area contributed by atoms with E-state index in [4.69, 9.17) is 4.74 Å². The van der Waals surface area contributed by atoms with Gasteiger partial charge in [-0.2, -0.15) is 13.2 Å². The molecule has 0 bridgehead atoms. The molecule has 1 saturated heterocycles. The summed E-state index contributed by atoms with van der Waals surface area (Å²) in [6.45, 7) is 4.97. The third-order valence-corrected chi connectivity index (χ3v) is 2.57. The Labute approximate surface area is 98.7 Å². The van der Waals surface area contributed by atoms with Gasteiger partial charge < -0.3 is 10.1 Å². The first kappa shape index (κ1) is 14.3. The van der Waals surface area contributed by atoms with E-state index in [0.717, 1.165) is 0 Å². The molecule has 0 radical (unpaired) electrons. The highest BCUT2D eigenvalue weighted by molar-refractivity contribution is 5.76. The van der Waals surface area contributed by atoms with E-state index in [1.807, 2.05) is 0 Å². The van der Waals surface area contributed by atoms with Gasteiger partial charge in [-0.3, -0.25) is 4.79 Å². The number of nitrogens with one attached hydrogen (secondary N) is 1. The monoisotopic (exact) mass is 253 g/mol. The molecule has 1 aliphatic heterocycles. The van der Waals surface area contributed by atoms with Crippen molar-refractivity contribution in [2.75, 3.05) is 6.54 Å². The maximum absolute atomic E-state index is 12.4. The van der Waals surface area contributed by atoms with Crippen molar-refractivity contribution in [3.63, 3.8) is 0 Å². The molecule has 0 spiro atoms. The van der Waals surface area contributed by atoms with Crippen LogP contribution in [0.3, 0.4) is 0 Å². The zero-order valence-electron chi connectivity index (χ0n) is 10.2. The van der Waals surface area contributed by atoms with E-state index >= 15 is 0 Å². The first-order valence-corrected chi connectivity index (χ1v) is 5.62. The molecule has 1 fully saturated rings. The summed E-state index contributed by atoms with van der Waals surface area (Å²) >= 11 is 0. The predicted molar refractivity (Wildman–Crippen MR) is 56.4 cm³/mol. The first-order chi connectivity index (χ1) is 7.59. The van der Waals surface area contributed by atoms with Crippen LogP contribution in [0.4, 0.5) is 13.2 Å². The molecule has 0 aromatic carbocycles. The van der Waals surface area contributed by atoms with Crippen LogP contribution in [-0.2, 0) is 9.53 Å². The summed E-state index contributed by atoms with van der Waals surface area (Å²) < 4.78 is 42.3. The highest BCUT2D eigenvalue weighted by Gasteiger charge is 2.43. The number of hydrogen-bond donors (Lipinski definition) is 1. The molecular weight excluding hydrogens is 235 g/mol. The Hall–Kier alpha value is -0.780. The molecule has 100 valence electrons. The van der Waals surface area contributed by atoms with Crippen LogP contribution in [0.2, 0.25) is 0 Å². The van der Waals surface area contributed by atoms with Gasteiger partial charge >= 0.3 is 12.1 Å². The van der Waals surface area contributed by atoms with Crippen LogP contribution >= 0.6 is 0 Å². The van der Waals surface area contributed by atoms with Gasteiger partial charge in [0, 0.05) is 6.54 Å². The van der Waals surface area contributed by atoms with Crippen molar-refractivity contribution >= 4 is 5.97 Å².